The molecular formula is C13H21N3O3. The van der Waals surface area contributed by atoms with Crippen molar-refractivity contribution in [3.05, 3.63) is 16.4 Å². The van der Waals surface area contributed by atoms with Gasteiger partial charge in [-0.05, 0) is 20.3 Å². The van der Waals surface area contributed by atoms with Gasteiger partial charge in [0.2, 0.25) is 11.8 Å². The molecule has 1 atom stereocenters. The minimum atomic E-state index is -0.547. The summed E-state index contributed by atoms with van der Waals surface area (Å²) in [5.41, 5.74) is -0.343. The zero-order valence-corrected chi connectivity index (χ0v) is 12.1. The largest absolute Gasteiger partial charge is 0.437 e. The van der Waals surface area contributed by atoms with E-state index in [1.54, 1.807) is 4.90 Å². The van der Waals surface area contributed by atoms with E-state index in [1.807, 2.05) is 34.6 Å². The van der Waals surface area contributed by atoms with Gasteiger partial charge in [-0.25, -0.2) is 4.79 Å². The molecule has 1 saturated heterocycles. The normalized spacial score (nSPS) is 20.6. The Morgan fingerprint density at radius 2 is 1.95 bits per heavy atom. The lowest BCUT2D eigenvalue weighted by Crippen LogP contribution is -2.36. The number of carbonyl (C=O) groups excluding carboxylic acids is 1. The number of hydrogen-bond donors (Lipinski definition) is 0. The lowest BCUT2D eigenvalue weighted by molar-refractivity contribution is -0.132. The fourth-order valence-corrected chi connectivity index (χ4v) is 2.21. The first-order chi connectivity index (χ1) is 8.71. The van der Waals surface area contributed by atoms with Gasteiger partial charge in [-0.3, -0.25) is 4.79 Å². The number of aromatic nitrogens is 2. The Morgan fingerprint density at radius 3 is 2.37 bits per heavy atom. The van der Waals surface area contributed by atoms with Crippen molar-refractivity contribution in [1.29, 1.82) is 0 Å². The first-order valence-electron chi connectivity index (χ1n) is 6.62. The van der Waals surface area contributed by atoms with E-state index >= 15 is 0 Å². The van der Waals surface area contributed by atoms with E-state index in [9.17, 15) is 9.59 Å². The molecule has 0 spiro atoms. The number of carbonyl (C=O) groups is 1. The Hall–Kier alpha value is -1.59. The lowest BCUT2D eigenvalue weighted by Gasteiger charge is -2.20. The third-order valence-corrected chi connectivity index (χ3v) is 3.34. The van der Waals surface area contributed by atoms with Gasteiger partial charge in [-0.1, -0.05) is 20.8 Å². The van der Waals surface area contributed by atoms with Crippen LogP contribution in [-0.4, -0.2) is 33.2 Å². The molecule has 1 aromatic heterocycles. The molecule has 1 fully saturated rings. The summed E-state index contributed by atoms with van der Waals surface area (Å²) >= 11 is 0. The van der Waals surface area contributed by atoms with E-state index in [1.165, 1.54) is 4.68 Å². The minimum absolute atomic E-state index is 0.0501. The van der Waals surface area contributed by atoms with Gasteiger partial charge in [0.25, 0.3) is 0 Å². The van der Waals surface area contributed by atoms with Gasteiger partial charge in [-0.15, -0.1) is 5.10 Å². The van der Waals surface area contributed by atoms with Crippen molar-refractivity contribution in [3.63, 3.8) is 0 Å². The fourth-order valence-electron chi connectivity index (χ4n) is 2.21. The summed E-state index contributed by atoms with van der Waals surface area (Å²) in [6.07, 6.45) is 0.604. The van der Waals surface area contributed by atoms with Crippen LogP contribution < -0.4 is 5.76 Å². The Labute approximate surface area is 112 Å². The molecule has 0 bridgehead atoms. The molecule has 106 valence electrons. The standard InChI is InChI=1S/C13H21N3O3/c1-8(2)15-7-6-9(10(15)17)16-12(18)19-11(14-16)13(3,4)5/h8-9H,6-7H2,1-5H3/t9-/m0/s1. The molecule has 0 saturated carbocycles. The quantitative estimate of drug-likeness (QED) is 0.810. The molecule has 0 aliphatic carbocycles. The highest BCUT2D eigenvalue weighted by molar-refractivity contribution is 5.82. The van der Waals surface area contributed by atoms with E-state index in [0.29, 0.717) is 18.9 Å². The van der Waals surface area contributed by atoms with E-state index < -0.39 is 11.8 Å². The summed E-state index contributed by atoms with van der Waals surface area (Å²) in [6.45, 7) is 10.3. The van der Waals surface area contributed by atoms with E-state index in [0.717, 1.165) is 0 Å². The zero-order valence-electron chi connectivity index (χ0n) is 12.1. The number of nitrogens with zero attached hydrogens (tertiary/aromatic N) is 3. The van der Waals surface area contributed by atoms with Gasteiger partial charge >= 0.3 is 5.76 Å². The summed E-state index contributed by atoms with van der Waals surface area (Å²) in [5.74, 6) is -0.229. The smallest absolute Gasteiger partial charge is 0.392 e. The van der Waals surface area contributed by atoms with Crippen LogP contribution in [0.25, 0.3) is 0 Å². The maximum absolute atomic E-state index is 12.2. The van der Waals surface area contributed by atoms with Crippen molar-refractivity contribution in [2.24, 2.45) is 0 Å². The molecule has 2 heterocycles. The van der Waals surface area contributed by atoms with Crippen LogP contribution in [0.3, 0.4) is 0 Å². The molecule has 0 radical (unpaired) electrons. The maximum atomic E-state index is 12.2. The van der Waals surface area contributed by atoms with E-state index in [-0.39, 0.29) is 17.4 Å². The van der Waals surface area contributed by atoms with Gasteiger partial charge in [0, 0.05) is 18.0 Å². The number of rotatable bonds is 2. The van der Waals surface area contributed by atoms with Crippen LogP contribution in [0.15, 0.2) is 9.21 Å². The van der Waals surface area contributed by atoms with Crippen LogP contribution in [0.2, 0.25) is 0 Å². The summed E-state index contributed by atoms with van der Waals surface area (Å²) in [6, 6.07) is -0.378. The van der Waals surface area contributed by atoms with Gasteiger partial charge in [0.05, 0.1) is 0 Å². The molecule has 2 rings (SSSR count). The Kier molecular flexibility index (Phi) is 3.28. The highest BCUT2D eigenvalue weighted by atomic mass is 16.4. The van der Waals surface area contributed by atoms with Crippen molar-refractivity contribution in [2.75, 3.05) is 6.54 Å². The molecule has 0 unspecified atom stereocenters. The van der Waals surface area contributed by atoms with Crippen molar-refractivity contribution in [1.82, 2.24) is 14.7 Å². The van der Waals surface area contributed by atoms with Crippen molar-refractivity contribution in [2.45, 2.75) is 58.5 Å². The third kappa shape index (κ3) is 2.43. The highest BCUT2D eigenvalue weighted by Gasteiger charge is 2.37. The van der Waals surface area contributed by atoms with Gasteiger partial charge in [0.1, 0.15) is 6.04 Å². The fraction of sp³-hybridized carbons (Fsp3) is 0.769. The van der Waals surface area contributed by atoms with Gasteiger partial charge in [0.15, 0.2) is 0 Å². The zero-order chi connectivity index (χ0) is 14.4. The van der Waals surface area contributed by atoms with Crippen LogP contribution >= 0.6 is 0 Å². The average molecular weight is 267 g/mol. The second-order valence-corrected chi connectivity index (χ2v) is 6.30. The molecular weight excluding hydrogens is 246 g/mol. The number of hydrogen-bond acceptors (Lipinski definition) is 4. The Morgan fingerprint density at radius 1 is 1.32 bits per heavy atom. The average Bonchev–Trinajstić information content (AvgIpc) is 2.81. The van der Waals surface area contributed by atoms with Crippen LogP contribution in [0, 0.1) is 0 Å². The number of amides is 1. The van der Waals surface area contributed by atoms with E-state index in [2.05, 4.69) is 5.10 Å². The summed E-state index contributed by atoms with van der Waals surface area (Å²) in [4.78, 5) is 25.9. The van der Waals surface area contributed by atoms with Gasteiger partial charge in [-0.2, -0.15) is 4.68 Å². The van der Waals surface area contributed by atoms with Crippen molar-refractivity contribution >= 4 is 5.91 Å². The first kappa shape index (κ1) is 13.8. The molecule has 1 aromatic rings. The molecule has 1 aliphatic heterocycles. The summed E-state index contributed by atoms with van der Waals surface area (Å²) < 4.78 is 6.36. The first-order valence-corrected chi connectivity index (χ1v) is 6.62. The lowest BCUT2D eigenvalue weighted by atomic mass is 9.97. The monoisotopic (exact) mass is 267 g/mol. The predicted octanol–water partition coefficient (Wildman–Crippen LogP) is 1.32. The van der Waals surface area contributed by atoms with Crippen LogP contribution in [0.5, 0.6) is 0 Å². The maximum Gasteiger partial charge on any atom is 0.437 e. The molecule has 6 heteroatoms. The van der Waals surface area contributed by atoms with Crippen LogP contribution in [-0.2, 0) is 10.2 Å². The predicted molar refractivity (Wildman–Crippen MR) is 70.0 cm³/mol. The molecule has 0 aromatic carbocycles. The second kappa shape index (κ2) is 4.51. The molecule has 0 N–H and O–H groups in total. The Balaban J connectivity index is 2.32. The second-order valence-electron chi connectivity index (χ2n) is 6.30. The molecule has 1 amide bonds. The van der Waals surface area contributed by atoms with Crippen molar-refractivity contribution in [3.8, 4) is 0 Å². The minimum Gasteiger partial charge on any atom is -0.392 e. The van der Waals surface area contributed by atoms with Crippen LogP contribution in [0.1, 0.15) is 53.0 Å². The van der Waals surface area contributed by atoms with Crippen molar-refractivity contribution < 1.29 is 9.21 Å². The number of likely N-dealkylation sites (tertiary alicyclic amines) is 1. The Bertz CT molecular complexity index is 536. The third-order valence-electron chi connectivity index (χ3n) is 3.34. The molecule has 19 heavy (non-hydrogen) atoms. The highest BCUT2D eigenvalue weighted by Crippen LogP contribution is 2.25. The summed E-state index contributed by atoms with van der Waals surface area (Å²) in [5, 5.41) is 4.20. The SMILES string of the molecule is CC(C)N1CC[C@H](n2nc(C(C)(C)C)oc2=O)C1=O. The topological polar surface area (TPSA) is 68.3 Å². The summed E-state index contributed by atoms with van der Waals surface area (Å²) in [7, 11) is 0. The van der Waals surface area contributed by atoms with Gasteiger partial charge < -0.3 is 9.32 Å². The van der Waals surface area contributed by atoms with Crippen LogP contribution in [0.4, 0.5) is 0 Å². The van der Waals surface area contributed by atoms with E-state index in [4.69, 9.17) is 4.42 Å². The molecule has 6 nitrogen and oxygen atoms in total. The molecule has 1 aliphatic rings.